The van der Waals surface area contributed by atoms with Gasteiger partial charge < -0.3 is 9.47 Å². The quantitative estimate of drug-likeness (QED) is 0.689. The molecule has 146 valence electrons. The van der Waals surface area contributed by atoms with Gasteiger partial charge in [0.1, 0.15) is 17.2 Å². The van der Waals surface area contributed by atoms with Crippen LogP contribution in [-0.2, 0) is 4.79 Å². The van der Waals surface area contributed by atoms with E-state index in [1.807, 2.05) is 49.4 Å². The number of methoxy groups -OCH3 is 2. The number of rotatable bonds is 5. The fraction of sp³-hybridized carbons (Fsp3) is 0.273. The van der Waals surface area contributed by atoms with Crippen LogP contribution in [0.2, 0.25) is 0 Å². The van der Waals surface area contributed by atoms with Crippen molar-refractivity contribution >= 4 is 34.6 Å². The van der Waals surface area contributed by atoms with E-state index in [-0.39, 0.29) is 5.91 Å². The molecule has 1 saturated heterocycles. The Morgan fingerprint density at radius 3 is 2.82 bits per heavy atom. The van der Waals surface area contributed by atoms with E-state index in [0.717, 1.165) is 34.7 Å². The lowest BCUT2D eigenvalue weighted by Gasteiger charge is -2.27. The lowest BCUT2D eigenvalue weighted by atomic mass is 10.2. The molecule has 5 nitrogen and oxygen atoms in total. The monoisotopic (exact) mass is 396 g/mol. The van der Waals surface area contributed by atoms with E-state index in [4.69, 9.17) is 14.5 Å². The topological polar surface area (TPSA) is 51.1 Å². The van der Waals surface area contributed by atoms with Gasteiger partial charge in [0.25, 0.3) is 5.91 Å². The lowest BCUT2D eigenvalue weighted by molar-refractivity contribution is -0.122. The SMILES string of the molecule is COc1cccc(C=CC(=O)N2CCCSC2=Nc2cc(C)ccc2OC)c1. The van der Waals surface area contributed by atoms with Gasteiger partial charge >= 0.3 is 0 Å². The summed E-state index contributed by atoms with van der Waals surface area (Å²) in [5.41, 5.74) is 2.74. The van der Waals surface area contributed by atoms with E-state index in [1.165, 1.54) is 0 Å². The maximum atomic E-state index is 12.8. The Kier molecular flexibility index (Phi) is 6.76. The number of hydrogen-bond acceptors (Lipinski definition) is 5. The Morgan fingerprint density at radius 1 is 1.18 bits per heavy atom. The van der Waals surface area contributed by atoms with E-state index in [9.17, 15) is 4.79 Å². The highest BCUT2D eigenvalue weighted by atomic mass is 32.2. The first-order valence-electron chi connectivity index (χ1n) is 9.10. The third kappa shape index (κ3) is 4.95. The smallest absolute Gasteiger partial charge is 0.252 e. The summed E-state index contributed by atoms with van der Waals surface area (Å²) < 4.78 is 10.6. The molecule has 6 heteroatoms. The fourth-order valence-electron chi connectivity index (χ4n) is 2.85. The summed E-state index contributed by atoms with van der Waals surface area (Å²) in [5.74, 6) is 2.32. The molecule has 2 aromatic rings. The summed E-state index contributed by atoms with van der Waals surface area (Å²) in [7, 11) is 3.25. The molecule has 0 N–H and O–H groups in total. The number of hydrogen-bond donors (Lipinski definition) is 0. The molecule has 3 rings (SSSR count). The zero-order valence-electron chi connectivity index (χ0n) is 16.3. The van der Waals surface area contributed by atoms with E-state index in [1.54, 1.807) is 43.0 Å². The van der Waals surface area contributed by atoms with Gasteiger partial charge in [0, 0.05) is 18.4 Å². The molecule has 0 saturated carbocycles. The van der Waals surface area contributed by atoms with Crippen LogP contribution in [0.25, 0.3) is 6.08 Å². The molecule has 28 heavy (non-hydrogen) atoms. The lowest BCUT2D eigenvalue weighted by Crippen LogP contribution is -2.38. The van der Waals surface area contributed by atoms with Crippen molar-refractivity contribution in [1.29, 1.82) is 0 Å². The molecule has 0 aliphatic carbocycles. The summed E-state index contributed by atoms with van der Waals surface area (Å²) in [6.07, 6.45) is 4.33. The average molecular weight is 397 g/mol. The number of benzene rings is 2. The first-order valence-corrected chi connectivity index (χ1v) is 10.1. The third-order valence-electron chi connectivity index (χ3n) is 4.32. The highest BCUT2D eigenvalue weighted by Crippen LogP contribution is 2.31. The fourth-order valence-corrected chi connectivity index (χ4v) is 3.81. The minimum atomic E-state index is -0.0830. The molecule has 1 aliphatic rings. The van der Waals surface area contributed by atoms with Crippen molar-refractivity contribution in [3.8, 4) is 11.5 Å². The Labute approximate surface area is 170 Å². The highest BCUT2D eigenvalue weighted by Gasteiger charge is 2.22. The standard InChI is InChI=1S/C22H24N2O3S/c1-16-8-10-20(27-3)19(14-16)23-22-24(12-5-13-28-22)21(25)11-9-17-6-4-7-18(15-17)26-2/h4,6-11,14-15H,5,12-13H2,1-3H3. The van der Waals surface area contributed by atoms with Crippen molar-refractivity contribution in [2.75, 3.05) is 26.5 Å². The first-order chi connectivity index (χ1) is 13.6. The van der Waals surface area contributed by atoms with Crippen LogP contribution in [0.3, 0.4) is 0 Å². The van der Waals surface area contributed by atoms with Gasteiger partial charge in [-0.3, -0.25) is 9.69 Å². The van der Waals surface area contributed by atoms with Crippen molar-refractivity contribution in [2.45, 2.75) is 13.3 Å². The summed E-state index contributed by atoms with van der Waals surface area (Å²) in [6, 6.07) is 13.4. The van der Waals surface area contributed by atoms with Crippen LogP contribution in [0.15, 0.2) is 53.5 Å². The molecule has 2 aromatic carbocycles. The third-order valence-corrected chi connectivity index (χ3v) is 5.38. The van der Waals surface area contributed by atoms with Crippen LogP contribution >= 0.6 is 11.8 Å². The van der Waals surface area contributed by atoms with E-state index in [2.05, 4.69) is 0 Å². The zero-order valence-corrected chi connectivity index (χ0v) is 17.2. The maximum Gasteiger partial charge on any atom is 0.252 e. The molecule has 0 aromatic heterocycles. The van der Waals surface area contributed by atoms with Gasteiger partial charge in [-0.25, -0.2) is 4.99 Å². The zero-order chi connectivity index (χ0) is 19.9. The Hall–Kier alpha value is -2.73. The maximum absolute atomic E-state index is 12.8. The van der Waals surface area contributed by atoms with Gasteiger partial charge in [-0.15, -0.1) is 0 Å². The molecule has 0 bridgehead atoms. The molecule has 1 aliphatic heterocycles. The van der Waals surface area contributed by atoms with E-state index in [0.29, 0.717) is 17.5 Å². The molecule has 0 atom stereocenters. The minimum absolute atomic E-state index is 0.0830. The van der Waals surface area contributed by atoms with Crippen LogP contribution < -0.4 is 9.47 Å². The van der Waals surface area contributed by atoms with Crippen molar-refractivity contribution < 1.29 is 14.3 Å². The second-order valence-corrected chi connectivity index (χ2v) is 7.43. The molecule has 1 heterocycles. The summed E-state index contributed by atoms with van der Waals surface area (Å²) in [5, 5.41) is 0.704. The van der Waals surface area contributed by atoms with Crippen molar-refractivity contribution in [3.63, 3.8) is 0 Å². The Bertz CT molecular complexity index is 908. The molecule has 0 spiro atoms. The molecule has 1 fully saturated rings. The second kappa shape index (κ2) is 9.46. The van der Waals surface area contributed by atoms with Gasteiger partial charge in [-0.05, 0) is 54.8 Å². The summed E-state index contributed by atoms with van der Waals surface area (Å²) in [6.45, 7) is 2.66. The number of amides is 1. The predicted octanol–water partition coefficient (Wildman–Crippen LogP) is 4.68. The van der Waals surface area contributed by atoms with Crippen LogP contribution in [0.1, 0.15) is 17.5 Å². The molecule has 1 amide bonds. The summed E-state index contributed by atoms with van der Waals surface area (Å²) >= 11 is 1.59. The van der Waals surface area contributed by atoms with Crippen LogP contribution in [0.4, 0.5) is 5.69 Å². The minimum Gasteiger partial charge on any atom is -0.497 e. The molecule has 0 unspecified atom stereocenters. The Morgan fingerprint density at radius 2 is 2.04 bits per heavy atom. The number of ether oxygens (including phenoxy) is 2. The number of thioether (sulfide) groups is 1. The first kappa shape index (κ1) is 20.0. The van der Waals surface area contributed by atoms with Crippen LogP contribution in [-0.4, -0.2) is 42.5 Å². The van der Waals surface area contributed by atoms with E-state index < -0.39 is 0 Å². The van der Waals surface area contributed by atoms with Gasteiger partial charge in [-0.1, -0.05) is 30.0 Å². The van der Waals surface area contributed by atoms with Gasteiger partial charge in [-0.2, -0.15) is 0 Å². The van der Waals surface area contributed by atoms with Gasteiger partial charge in [0.05, 0.1) is 14.2 Å². The van der Waals surface area contributed by atoms with Crippen molar-refractivity contribution in [3.05, 3.63) is 59.7 Å². The number of aryl methyl sites for hydroxylation is 1. The second-order valence-electron chi connectivity index (χ2n) is 6.37. The van der Waals surface area contributed by atoms with Crippen LogP contribution in [0.5, 0.6) is 11.5 Å². The Balaban J connectivity index is 1.83. The number of amidine groups is 1. The number of aliphatic imine (C=N–C) groups is 1. The summed E-state index contributed by atoms with van der Waals surface area (Å²) in [4.78, 5) is 19.3. The highest BCUT2D eigenvalue weighted by molar-refractivity contribution is 8.13. The average Bonchev–Trinajstić information content (AvgIpc) is 2.73. The van der Waals surface area contributed by atoms with Crippen molar-refractivity contribution in [1.82, 2.24) is 4.90 Å². The largest absolute Gasteiger partial charge is 0.497 e. The molecular weight excluding hydrogens is 372 g/mol. The van der Waals surface area contributed by atoms with Crippen LogP contribution in [0, 0.1) is 6.92 Å². The van der Waals surface area contributed by atoms with Crippen molar-refractivity contribution in [2.24, 2.45) is 4.99 Å². The van der Waals surface area contributed by atoms with Gasteiger partial charge in [0.2, 0.25) is 0 Å². The van der Waals surface area contributed by atoms with E-state index >= 15 is 0 Å². The molecular formula is C22H24N2O3S. The number of nitrogens with zero attached hydrogens (tertiary/aromatic N) is 2. The predicted molar refractivity (Wildman–Crippen MR) is 116 cm³/mol. The number of carbonyl (C=O) groups excluding carboxylic acids is 1. The number of carbonyl (C=O) groups is 1. The van der Waals surface area contributed by atoms with Gasteiger partial charge in [0.15, 0.2) is 5.17 Å². The normalized spacial score (nSPS) is 15.8. The molecule has 0 radical (unpaired) electrons.